The molecule has 0 radical (unpaired) electrons. The largest absolute Gasteiger partial charge is 0.496 e. The lowest BCUT2D eigenvalue weighted by Gasteiger charge is -2.14. The smallest absolute Gasteiger partial charge is 0.125 e. The van der Waals surface area contributed by atoms with Crippen molar-refractivity contribution in [1.82, 2.24) is 0 Å². The summed E-state index contributed by atoms with van der Waals surface area (Å²) in [5.41, 5.74) is 9.64. The highest BCUT2D eigenvalue weighted by Gasteiger charge is 2.08. The fourth-order valence-electron chi connectivity index (χ4n) is 1.91. The predicted octanol–water partition coefficient (Wildman–Crippen LogP) is 3.85. The van der Waals surface area contributed by atoms with Gasteiger partial charge in [-0.25, -0.2) is 0 Å². The molecule has 2 rings (SSSR count). The lowest BCUT2D eigenvalue weighted by molar-refractivity contribution is 0.410. The molecule has 0 amide bonds. The van der Waals surface area contributed by atoms with E-state index in [4.69, 9.17) is 22.1 Å². The van der Waals surface area contributed by atoms with Gasteiger partial charge < -0.3 is 15.8 Å². The minimum atomic E-state index is 0.566. The maximum atomic E-state index is 6.19. The Morgan fingerprint density at radius 3 is 2.79 bits per heavy atom. The second-order valence-corrected chi connectivity index (χ2v) is 4.77. The summed E-state index contributed by atoms with van der Waals surface area (Å²) in [5, 5.41) is 3.97. The van der Waals surface area contributed by atoms with Gasteiger partial charge in [0.1, 0.15) is 5.75 Å². The van der Waals surface area contributed by atoms with Crippen LogP contribution in [0.3, 0.4) is 0 Å². The molecule has 19 heavy (non-hydrogen) atoms. The Balaban J connectivity index is 2.21. The molecule has 4 heteroatoms. The second kappa shape index (κ2) is 5.85. The molecule has 0 heterocycles. The molecule has 2 aromatic rings. The van der Waals surface area contributed by atoms with Crippen LogP contribution in [-0.2, 0) is 6.54 Å². The number of benzene rings is 2. The van der Waals surface area contributed by atoms with Crippen molar-refractivity contribution in [3.05, 3.63) is 52.5 Å². The molecular formula is C15H17ClN2O. The van der Waals surface area contributed by atoms with Gasteiger partial charge in [-0.05, 0) is 36.8 Å². The summed E-state index contributed by atoms with van der Waals surface area (Å²) in [6.07, 6.45) is 0. The Morgan fingerprint density at radius 1 is 1.26 bits per heavy atom. The molecule has 0 saturated heterocycles. The number of methoxy groups -OCH3 is 1. The normalized spacial score (nSPS) is 10.3. The number of nitrogen functional groups attached to an aromatic ring is 1. The van der Waals surface area contributed by atoms with Crippen molar-refractivity contribution in [1.29, 1.82) is 0 Å². The molecule has 0 aliphatic carbocycles. The zero-order chi connectivity index (χ0) is 13.8. The van der Waals surface area contributed by atoms with Crippen molar-refractivity contribution in [2.45, 2.75) is 13.5 Å². The first-order valence-corrected chi connectivity index (χ1v) is 6.41. The number of rotatable bonds is 4. The number of anilines is 2. The molecule has 0 saturated carbocycles. The van der Waals surface area contributed by atoms with Gasteiger partial charge in [-0.15, -0.1) is 0 Å². The van der Waals surface area contributed by atoms with E-state index in [1.165, 1.54) is 0 Å². The van der Waals surface area contributed by atoms with Gasteiger partial charge in [0, 0.05) is 17.1 Å². The van der Waals surface area contributed by atoms with Gasteiger partial charge in [-0.3, -0.25) is 0 Å². The van der Waals surface area contributed by atoms with Crippen LogP contribution in [0.1, 0.15) is 11.1 Å². The third kappa shape index (κ3) is 3.12. The van der Waals surface area contributed by atoms with Crippen LogP contribution in [0.25, 0.3) is 0 Å². The van der Waals surface area contributed by atoms with E-state index in [1.54, 1.807) is 7.11 Å². The zero-order valence-corrected chi connectivity index (χ0v) is 11.8. The first kappa shape index (κ1) is 13.6. The van der Waals surface area contributed by atoms with Crippen molar-refractivity contribution in [3.8, 4) is 5.75 Å². The Kier molecular flexibility index (Phi) is 4.17. The first-order chi connectivity index (χ1) is 9.11. The van der Waals surface area contributed by atoms with E-state index in [0.717, 1.165) is 28.3 Å². The first-order valence-electron chi connectivity index (χ1n) is 6.03. The third-order valence-electron chi connectivity index (χ3n) is 2.96. The molecule has 3 nitrogen and oxygen atoms in total. The summed E-state index contributed by atoms with van der Waals surface area (Å²) >= 11 is 6.19. The summed E-state index contributed by atoms with van der Waals surface area (Å²) in [7, 11) is 1.64. The number of hydrogen-bond donors (Lipinski definition) is 2. The van der Waals surface area contributed by atoms with Crippen molar-refractivity contribution in [2.75, 3.05) is 18.2 Å². The number of halogens is 1. The Hall–Kier alpha value is -1.87. The molecule has 0 fully saturated rings. The lowest BCUT2D eigenvalue weighted by Crippen LogP contribution is -2.05. The van der Waals surface area contributed by atoms with E-state index in [0.29, 0.717) is 11.6 Å². The van der Waals surface area contributed by atoms with Gasteiger partial charge in [0.15, 0.2) is 0 Å². The number of aryl methyl sites for hydroxylation is 1. The summed E-state index contributed by atoms with van der Waals surface area (Å²) in [4.78, 5) is 0. The maximum absolute atomic E-state index is 6.19. The van der Waals surface area contributed by atoms with E-state index in [1.807, 2.05) is 43.3 Å². The Bertz CT molecular complexity index is 584. The van der Waals surface area contributed by atoms with Crippen molar-refractivity contribution in [2.24, 2.45) is 0 Å². The molecule has 0 bridgehead atoms. The van der Waals surface area contributed by atoms with E-state index >= 15 is 0 Å². The molecule has 0 unspecified atom stereocenters. The van der Waals surface area contributed by atoms with Crippen LogP contribution in [0, 0.1) is 6.92 Å². The molecule has 3 N–H and O–H groups in total. The Morgan fingerprint density at radius 2 is 2.05 bits per heavy atom. The SMILES string of the molecule is COc1cccc(Cl)c1CNc1cc(C)ccc1N. The van der Waals surface area contributed by atoms with Gasteiger partial charge >= 0.3 is 0 Å². The zero-order valence-electron chi connectivity index (χ0n) is 11.0. The van der Waals surface area contributed by atoms with Crippen LogP contribution in [0.15, 0.2) is 36.4 Å². The van der Waals surface area contributed by atoms with Crippen molar-refractivity contribution >= 4 is 23.0 Å². The highest BCUT2D eigenvalue weighted by molar-refractivity contribution is 6.31. The van der Waals surface area contributed by atoms with E-state index < -0.39 is 0 Å². The molecule has 0 spiro atoms. The monoisotopic (exact) mass is 276 g/mol. The molecule has 2 aromatic carbocycles. The predicted molar refractivity (Wildman–Crippen MR) is 80.9 cm³/mol. The number of nitrogens with one attached hydrogen (secondary N) is 1. The minimum Gasteiger partial charge on any atom is -0.496 e. The van der Waals surface area contributed by atoms with Gasteiger partial charge in [-0.1, -0.05) is 23.7 Å². The summed E-state index contributed by atoms with van der Waals surface area (Å²) < 4.78 is 5.31. The third-order valence-corrected chi connectivity index (χ3v) is 3.31. The highest BCUT2D eigenvalue weighted by Crippen LogP contribution is 2.28. The number of hydrogen-bond acceptors (Lipinski definition) is 3. The van der Waals surface area contributed by atoms with E-state index in [-0.39, 0.29) is 0 Å². The van der Waals surface area contributed by atoms with E-state index in [9.17, 15) is 0 Å². The van der Waals surface area contributed by atoms with Gasteiger partial charge in [-0.2, -0.15) is 0 Å². The number of nitrogens with two attached hydrogens (primary N) is 1. The molecule has 0 aromatic heterocycles. The van der Waals surface area contributed by atoms with Crippen molar-refractivity contribution < 1.29 is 4.74 Å². The van der Waals surface area contributed by atoms with Crippen LogP contribution in [0.4, 0.5) is 11.4 Å². The van der Waals surface area contributed by atoms with E-state index in [2.05, 4.69) is 5.32 Å². The summed E-state index contributed by atoms with van der Waals surface area (Å²) in [5.74, 6) is 0.770. The van der Waals surface area contributed by atoms with Gasteiger partial charge in [0.2, 0.25) is 0 Å². The Labute approximate surface area is 118 Å². The fourth-order valence-corrected chi connectivity index (χ4v) is 2.14. The van der Waals surface area contributed by atoms with Crippen LogP contribution in [0.2, 0.25) is 5.02 Å². The average molecular weight is 277 g/mol. The quantitative estimate of drug-likeness (QED) is 0.834. The fraction of sp³-hybridized carbons (Fsp3) is 0.200. The summed E-state index contributed by atoms with van der Waals surface area (Å²) in [6.45, 7) is 2.59. The average Bonchev–Trinajstić information content (AvgIpc) is 2.40. The molecule has 0 aliphatic rings. The van der Waals surface area contributed by atoms with Crippen molar-refractivity contribution in [3.63, 3.8) is 0 Å². The maximum Gasteiger partial charge on any atom is 0.125 e. The minimum absolute atomic E-state index is 0.566. The molecule has 0 atom stereocenters. The highest BCUT2D eigenvalue weighted by atomic mass is 35.5. The molecule has 0 aliphatic heterocycles. The van der Waals surface area contributed by atoms with Crippen LogP contribution in [0.5, 0.6) is 5.75 Å². The molecule has 100 valence electrons. The second-order valence-electron chi connectivity index (χ2n) is 4.36. The van der Waals surface area contributed by atoms with Crippen LogP contribution in [-0.4, -0.2) is 7.11 Å². The topological polar surface area (TPSA) is 47.3 Å². The molecular weight excluding hydrogens is 260 g/mol. The van der Waals surface area contributed by atoms with Crippen LogP contribution < -0.4 is 15.8 Å². The van der Waals surface area contributed by atoms with Gasteiger partial charge in [0.25, 0.3) is 0 Å². The number of ether oxygens (including phenoxy) is 1. The standard InChI is InChI=1S/C15H17ClN2O/c1-10-6-7-13(17)14(8-10)18-9-11-12(16)4-3-5-15(11)19-2/h3-8,18H,9,17H2,1-2H3. The summed E-state index contributed by atoms with van der Waals surface area (Å²) in [6, 6.07) is 11.5. The van der Waals surface area contributed by atoms with Crippen LogP contribution >= 0.6 is 11.6 Å². The van der Waals surface area contributed by atoms with Gasteiger partial charge in [0.05, 0.1) is 18.5 Å². The lowest BCUT2D eigenvalue weighted by atomic mass is 10.1.